The van der Waals surface area contributed by atoms with E-state index < -0.39 is 0 Å². The number of hydrogen-bond donors (Lipinski definition) is 1. The molecule has 0 fully saturated rings. The molecule has 1 nitrogen and oxygen atoms in total. The van der Waals surface area contributed by atoms with Crippen LogP contribution in [0.5, 0.6) is 0 Å². The molecule has 0 saturated heterocycles. The standard InChI is InChI=1S/C15H16O/c1-10-14-5-3-2-4-11(14)8-12-9-13(16)6-7-15(10)12/h2-5,8,13,16H,6-7,9H2,1H3. The van der Waals surface area contributed by atoms with E-state index in [1.165, 1.54) is 27.5 Å². The Kier molecular flexibility index (Phi) is 2.22. The first-order valence-corrected chi connectivity index (χ1v) is 5.94. The van der Waals surface area contributed by atoms with Crippen molar-refractivity contribution in [2.75, 3.05) is 0 Å². The highest BCUT2D eigenvalue weighted by Gasteiger charge is 2.19. The monoisotopic (exact) mass is 212 g/mol. The zero-order valence-electron chi connectivity index (χ0n) is 9.53. The molecule has 1 aliphatic carbocycles. The van der Waals surface area contributed by atoms with Crippen molar-refractivity contribution in [1.82, 2.24) is 0 Å². The predicted molar refractivity (Wildman–Crippen MR) is 66.7 cm³/mol. The fourth-order valence-corrected chi connectivity index (χ4v) is 2.84. The van der Waals surface area contributed by atoms with Crippen molar-refractivity contribution in [2.45, 2.75) is 32.3 Å². The Bertz CT molecular complexity index is 542. The first-order valence-electron chi connectivity index (χ1n) is 5.94. The van der Waals surface area contributed by atoms with Crippen LogP contribution in [0.3, 0.4) is 0 Å². The highest BCUT2D eigenvalue weighted by molar-refractivity contribution is 5.87. The SMILES string of the molecule is Cc1c2c(cc3ccccc13)CC(O)CC2. The number of benzene rings is 2. The number of fused-ring (bicyclic) bond motifs is 2. The van der Waals surface area contributed by atoms with E-state index in [4.69, 9.17) is 0 Å². The molecule has 0 amide bonds. The Morgan fingerprint density at radius 3 is 2.94 bits per heavy atom. The lowest BCUT2D eigenvalue weighted by Gasteiger charge is -2.23. The van der Waals surface area contributed by atoms with Crippen LogP contribution in [0, 0.1) is 6.92 Å². The summed E-state index contributed by atoms with van der Waals surface area (Å²) in [6, 6.07) is 10.8. The lowest BCUT2D eigenvalue weighted by molar-refractivity contribution is 0.158. The average Bonchev–Trinajstić information content (AvgIpc) is 2.29. The van der Waals surface area contributed by atoms with Crippen molar-refractivity contribution in [3.8, 4) is 0 Å². The summed E-state index contributed by atoms with van der Waals surface area (Å²) in [5.74, 6) is 0. The summed E-state index contributed by atoms with van der Waals surface area (Å²) in [6.07, 6.45) is 2.61. The van der Waals surface area contributed by atoms with Crippen LogP contribution in [0.1, 0.15) is 23.1 Å². The number of aryl methyl sites for hydroxylation is 1. The minimum atomic E-state index is -0.145. The van der Waals surface area contributed by atoms with E-state index in [-0.39, 0.29) is 6.10 Å². The number of aliphatic hydroxyl groups excluding tert-OH is 1. The molecule has 0 saturated carbocycles. The molecule has 0 heterocycles. The van der Waals surface area contributed by atoms with Gasteiger partial charge in [-0.1, -0.05) is 30.3 Å². The van der Waals surface area contributed by atoms with Gasteiger partial charge in [0.25, 0.3) is 0 Å². The van der Waals surface area contributed by atoms with Crippen molar-refractivity contribution in [2.24, 2.45) is 0 Å². The van der Waals surface area contributed by atoms with Crippen molar-refractivity contribution in [3.63, 3.8) is 0 Å². The largest absolute Gasteiger partial charge is 0.393 e. The lowest BCUT2D eigenvalue weighted by Crippen LogP contribution is -2.19. The fourth-order valence-electron chi connectivity index (χ4n) is 2.84. The minimum absolute atomic E-state index is 0.145. The molecule has 0 radical (unpaired) electrons. The van der Waals surface area contributed by atoms with Crippen LogP contribution in [0.25, 0.3) is 10.8 Å². The van der Waals surface area contributed by atoms with Gasteiger partial charge in [-0.15, -0.1) is 0 Å². The highest BCUT2D eigenvalue weighted by Crippen LogP contribution is 2.30. The molecule has 16 heavy (non-hydrogen) atoms. The van der Waals surface area contributed by atoms with Crippen molar-refractivity contribution < 1.29 is 5.11 Å². The van der Waals surface area contributed by atoms with E-state index in [9.17, 15) is 5.11 Å². The molecular formula is C15H16O. The van der Waals surface area contributed by atoms with Gasteiger partial charge >= 0.3 is 0 Å². The van der Waals surface area contributed by atoms with Crippen LogP contribution in [-0.4, -0.2) is 11.2 Å². The summed E-state index contributed by atoms with van der Waals surface area (Å²) >= 11 is 0. The minimum Gasteiger partial charge on any atom is -0.393 e. The smallest absolute Gasteiger partial charge is 0.0583 e. The van der Waals surface area contributed by atoms with E-state index in [2.05, 4.69) is 37.3 Å². The van der Waals surface area contributed by atoms with E-state index in [0.717, 1.165) is 19.3 Å². The average molecular weight is 212 g/mol. The summed E-state index contributed by atoms with van der Waals surface area (Å²) in [7, 11) is 0. The van der Waals surface area contributed by atoms with Gasteiger partial charge in [0.2, 0.25) is 0 Å². The zero-order valence-corrected chi connectivity index (χ0v) is 9.53. The zero-order chi connectivity index (χ0) is 11.1. The molecule has 2 aromatic carbocycles. The van der Waals surface area contributed by atoms with Gasteiger partial charge in [0, 0.05) is 0 Å². The van der Waals surface area contributed by atoms with Crippen LogP contribution < -0.4 is 0 Å². The van der Waals surface area contributed by atoms with E-state index in [1.807, 2.05) is 0 Å². The second-order valence-electron chi connectivity index (χ2n) is 4.76. The molecule has 0 spiro atoms. The van der Waals surface area contributed by atoms with Gasteiger partial charge in [-0.2, -0.15) is 0 Å². The maximum atomic E-state index is 9.72. The van der Waals surface area contributed by atoms with Crippen molar-refractivity contribution in [1.29, 1.82) is 0 Å². The van der Waals surface area contributed by atoms with Crippen LogP contribution in [0.4, 0.5) is 0 Å². The molecule has 1 aliphatic rings. The second-order valence-corrected chi connectivity index (χ2v) is 4.76. The van der Waals surface area contributed by atoms with E-state index in [1.54, 1.807) is 0 Å². The molecule has 1 unspecified atom stereocenters. The first kappa shape index (κ1) is 9.86. The van der Waals surface area contributed by atoms with Gasteiger partial charge < -0.3 is 5.11 Å². The highest BCUT2D eigenvalue weighted by atomic mass is 16.3. The van der Waals surface area contributed by atoms with Gasteiger partial charge in [-0.05, 0) is 53.6 Å². The molecule has 1 atom stereocenters. The Hall–Kier alpha value is -1.34. The molecule has 0 aliphatic heterocycles. The van der Waals surface area contributed by atoms with Crippen LogP contribution >= 0.6 is 0 Å². The van der Waals surface area contributed by atoms with E-state index >= 15 is 0 Å². The van der Waals surface area contributed by atoms with E-state index in [0.29, 0.717) is 0 Å². The molecule has 82 valence electrons. The third-order valence-electron chi connectivity index (χ3n) is 3.72. The summed E-state index contributed by atoms with van der Waals surface area (Å²) in [5.41, 5.74) is 4.21. The predicted octanol–water partition coefficient (Wildman–Crippen LogP) is 3.00. The number of aliphatic hydroxyl groups is 1. The Morgan fingerprint density at radius 2 is 2.06 bits per heavy atom. The Morgan fingerprint density at radius 1 is 1.25 bits per heavy atom. The van der Waals surface area contributed by atoms with Crippen LogP contribution in [0.15, 0.2) is 30.3 Å². The first-order chi connectivity index (χ1) is 7.75. The summed E-state index contributed by atoms with van der Waals surface area (Å²) in [4.78, 5) is 0. The second kappa shape index (κ2) is 3.60. The lowest BCUT2D eigenvalue weighted by atomic mass is 9.84. The van der Waals surface area contributed by atoms with Crippen molar-refractivity contribution in [3.05, 3.63) is 47.0 Å². The van der Waals surface area contributed by atoms with Gasteiger partial charge in [0.1, 0.15) is 0 Å². The molecular weight excluding hydrogens is 196 g/mol. The van der Waals surface area contributed by atoms with Gasteiger partial charge in [-0.3, -0.25) is 0 Å². The molecule has 0 aromatic heterocycles. The summed E-state index contributed by atoms with van der Waals surface area (Å²) in [5, 5.41) is 12.4. The molecule has 3 rings (SSSR count). The molecule has 1 N–H and O–H groups in total. The maximum absolute atomic E-state index is 9.72. The number of rotatable bonds is 0. The Labute approximate surface area is 95.7 Å². The third-order valence-corrected chi connectivity index (χ3v) is 3.72. The molecule has 2 aromatic rings. The summed E-state index contributed by atoms with van der Waals surface area (Å²) < 4.78 is 0. The van der Waals surface area contributed by atoms with Crippen LogP contribution in [0.2, 0.25) is 0 Å². The van der Waals surface area contributed by atoms with Crippen LogP contribution in [-0.2, 0) is 12.8 Å². The Balaban J connectivity index is 2.29. The fraction of sp³-hybridized carbons (Fsp3) is 0.333. The van der Waals surface area contributed by atoms with Crippen molar-refractivity contribution >= 4 is 10.8 Å². The normalized spacial score (nSPS) is 19.8. The maximum Gasteiger partial charge on any atom is 0.0583 e. The topological polar surface area (TPSA) is 20.2 Å². The van der Waals surface area contributed by atoms with Gasteiger partial charge in [0.15, 0.2) is 0 Å². The molecule has 0 bridgehead atoms. The van der Waals surface area contributed by atoms with Gasteiger partial charge in [-0.25, -0.2) is 0 Å². The molecule has 1 heteroatoms. The van der Waals surface area contributed by atoms with Gasteiger partial charge in [0.05, 0.1) is 6.10 Å². The summed E-state index contributed by atoms with van der Waals surface area (Å²) in [6.45, 7) is 2.21. The third kappa shape index (κ3) is 1.43. The quantitative estimate of drug-likeness (QED) is 0.711. The number of hydrogen-bond acceptors (Lipinski definition) is 1.